The fraction of sp³-hybridized carbons (Fsp3) is 0.480. The molecule has 0 radical (unpaired) electrons. The molecule has 1 fully saturated rings. The average molecular weight is 478 g/mol. The summed E-state index contributed by atoms with van der Waals surface area (Å²) < 4.78 is 5.22. The number of likely N-dealkylation sites (tertiary alicyclic amines) is 1. The van der Waals surface area contributed by atoms with E-state index in [1.54, 1.807) is 7.11 Å². The minimum atomic E-state index is -0.188. The first-order valence-corrected chi connectivity index (χ1v) is 12.0. The van der Waals surface area contributed by atoms with Crippen LogP contribution in [-0.4, -0.2) is 43.7 Å². The van der Waals surface area contributed by atoms with Crippen molar-refractivity contribution in [3.8, 4) is 5.75 Å². The molecule has 0 unspecified atom stereocenters. The van der Waals surface area contributed by atoms with Gasteiger partial charge in [-0.1, -0.05) is 49.2 Å². The Bertz CT molecular complexity index is 899. The maximum atomic E-state index is 12.6. The second kappa shape index (κ2) is 11.8. The lowest BCUT2D eigenvalue weighted by atomic mass is 9.89. The lowest BCUT2D eigenvalue weighted by Crippen LogP contribution is -2.49. The third kappa shape index (κ3) is 7.29. The summed E-state index contributed by atoms with van der Waals surface area (Å²) >= 11 is 12.2. The molecular weight excluding hydrogens is 445 g/mol. The van der Waals surface area contributed by atoms with Crippen LogP contribution in [0.1, 0.15) is 32.3 Å². The quantitative estimate of drug-likeness (QED) is 0.482. The number of hydrogen-bond donors (Lipinski definition) is 2. The number of nitrogens with one attached hydrogen (secondary N) is 2. The average Bonchev–Trinajstić information content (AvgIpc) is 2.77. The Morgan fingerprint density at radius 3 is 2.53 bits per heavy atom. The van der Waals surface area contributed by atoms with E-state index in [9.17, 15) is 4.79 Å². The lowest BCUT2D eigenvalue weighted by molar-refractivity contribution is 0.157. The highest BCUT2D eigenvalue weighted by Gasteiger charge is 2.24. The summed E-state index contributed by atoms with van der Waals surface area (Å²) in [5.74, 6) is 1.69. The molecule has 0 aromatic heterocycles. The number of benzene rings is 2. The molecule has 1 aliphatic heterocycles. The molecule has 0 bridgehead atoms. The van der Waals surface area contributed by atoms with Gasteiger partial charge in [-0.2, -0.15) is 0 Å². The monoisotopic (exact) mass is 477 g/mol. The van der Waals surface area contributed by atoms with Crippen molar-refractivity contribution in [1.82, 2.24) is 10.2 Å². The molecule has 1 saturated heterocycles. The number of ether oxygens (including phenoxy) is 1. The molecule has 2 amide bonds. The Hall–Kier alpha value is -1.95. The van der Waals surface area contributed by atoms with E-state index in [2.05, 4.69) is 35.4 Å². The van der Waals surface area contributed by atoms with Gasteiger partial charge in [0, 0.05) is 24.3 Å². The molecule has 7 heteroatoms. The lowest BCUT2D eigenvalue weighted by Gasteiger charge is -2.35. The molecule has 1 heterocycles. The van der Waals surface area contributed by atoms with Crippen LogP contribution in [-0.2, 0) is 6.42 Å². The van der Waals surface area contributed by atoms with Crippen LogP contribution >= 0.6 is 23.2 Å². The van der Waals surface area contributed by atoms with E-state index in [4.69, 9.17) is 27.9 Å². The molecule has 0 saturated carbocycles. The van der Waals surface area contributed by atoms with Crippen LogP contribution in [0.15, 0.2) is 42.5 Å². The van der Waals surface area contributed by atoms with Gasteiger partial charge in [-0.25, -0.2) is 4.79 Å². The van der Waals surface area contributed by atoms with Crippen LogP contribution in [0.5, 0.6) is 5.75 Å². The fourth-order valence-corrected chi connectivity index (χ4v) is 4.43. The van der Waals surface area contributed by atoms with E-state index < -0.39 is 0 Å². The topological polar surface area (TPSA) is 53.6 Å². The molecule has 1 aliphatic rings. The second-order valence-electron chi connectivity index (χ2n) is 8.88. The number of hydrogen-bond acceptors (Lipinski definition) is 3. The number of anilines is 1. The van der Waals surface area contributed by atoms with E-state index >= 15 is 0 Å². The molecule has 32 heavy (non-hydrogen) atoms. The van der Waals surface area contributed by atoms with Crippen molar-refractivity contribution in [3.05, 3.63) is 58.1 Å². The number of amides is 2. The standard InChI is InChI=1S/C25H33Cl2N3O2/c1-17(2)24(29-25(31)28-20-5-4-6-21(15-20)32-3)16-30-11-9-18(10-12-30)13-19-7-8-22(26)23(27)14-19/h4-8,14-15,17-18,24H,9-13,16H2,1-3H3,(H2,28,29,31)/t24-/m0/s1. The van der Waals surface area contributed by atoms with Gasteiger partial charge in [0.2, 0.25) is 0 Å². The van der Waals surface area contributed by atoms with Crippen LogP contribution in [0.3, 0.4) is 0 Å². The number of nitrogens with zero attached hydrogens (tertiary/aromatic N) is 1. The summed E-state index contributed by atoms with van der Waals surface area (Å²) in [6.45, 7) is 7.21. The van der Waals surface area contributed by atoms with Gasteiger partial charge in [0.25, 0.3) is 0 Å². The van der Waals surface area contributed by atoms with Crippen LogP contribution in [0.4, 0.5) is 10.5 Å². The van der Waals surface area contributed by atoms with Crippen LogP contribution in [0.2, 0.25) is 10.0 Å². The highest BCUT2D eigenvalue weighted by atomic mass is 35.5. The maximum absolute atomic E-state index is 12.6. The Balaban J connectivity index is 1.47. The van der Waals surface area contributed by atoms with Gasteiger partial charge in [-0.15, -0.1) is 0 Å². The van der Waals surface area contributed by atoms with Gasteiger partial charge in [-0.3, -0.25) is 0 Å². The molecule has 1 atom stereocenters. The largest absolute Gasteiger partial charge is 0.497 e. The van der Waals surface area contributed by atoms with E-state index in [0.29, 0.717) is 33.3 Å². The zero-order valence-corrected chi connectivity index (χ0v) is 20.5. The predicted molar refractivity (Wildman–Crippen MR) is 133 cm³/mol. The Labute approximate surface area is 201 Å². The smallest absolute Gasteiger partial charge is 0.319 e. The van der Waals surface area contributed by atoms with Crippen molar-refractivity contribution in [1.29, 1.82) is 0 Å². The first-order chi connectivity index (χ1) is 15.3. The molecule has 2 aromatic rings. The molecule has 2 N–H and O–H groups in total. The highest BCUT2D eigenvalue weighted by molar-refractivity contribution is 6.42. The molecular formula is C25H33Cl2N3O2. The molecule has 3 rings (SSSR count). The second-order valence-corrected chi connectivity index (χ2v) is 9.69. The van der Waals surface area contributed by atoms with Crippen molar-refractivity contribution in [3.63, 3.8) is 0 Å². The fourth-order valence-electron chi connectivity index (χ4n) is 4.11. The summed E-state index contributed by atoms with van der Waals surface area (Å²) in [7, 11) is 1.61. The van der Waals surface area contributed by atoms with E-state index in [-0.39, 0.29) is 12.1 Å². The Kier molecular flexibility index (Phi) is 9.09. The molecule has 2 aromatic carbocycles. The van der Waals surface area contributed by atoms with Crippen LogP contribution < -0.4 is 15.4 Å². The van der Waals surface area contributed by atoms with E-state index in [1.165, 1.54) is 5.56 Å². The van der Waals surface area contributed by atoms with Crippen molar-refractivity contribution < 1.29 is 9.53 Å². The number of piperidine rings is 1. The van der Waals surface area contributed by atoms with Crippen LogP contribution in [0.25, 0.3) is 0 Å². The van der Waals surface area contributed by atoms with Crippen molar-refractivity contribution >= 4 is 34.9 Å². The van der Waals surface area contributed by atoms with E-state index in [0.717, 1.165) is 38.9 Å². The SMILES string of the molecule is COc1cccc(NC(=O)N[C@@H](CN2CCC(Cc3ccc(Cl)c(Cl)c3)CC2)C(C)C)c1. The number of rotatable bonds is 8. The van der Waals surface area contributed by atoms with Gasteiger partial charge < -0.3 is 20.3 Å². The maximum Gasteiger partial charge on any atom is 0.319 e. The number of methoxy groups -OCH3 is 1. The number of carbonyl (C=O) groups is 1. The third-order valence-corrected chi connectivity index (χ3v) is 6.86. The van der Waals surface area contributed by atoms with Gasteiger partial charge in [0.15, 0.2) is 0 Å². The number of halogens is 2. The van der Waals surface area contributed by atoms with Gasteiger partial charge in [0.05, 0.1) is 17.2 Å². The van der Waals surface area contributed by atoms with Crippen molar-refractivity contribution in [2.24, 2.45) is 11.8 Å². The minimum absolute atomic E-state index is 0.0761. The highest BCUT2D eigenvalue weighted by Crippen LogP contribution is 2.27. The van der Waals surface area contributed by atoms with Crippen molar-refractivity contribution in [2.45, 2.75) is 39.2 Å². The zero-order valence-electron chi connectivity index (χ0n) is 19.0. The first kappa shape index (κ1) is 24.7. The van der Waals surface area contributed by atoms with E-state index in [1.807, 2.05) is 36.4 Å². The Morgan fingerprint density at radius 2 is 1.88 bits per heavy atom. The zero-order chi connectivity index (χ0) is 23.1. The van der Waals surface area contributed by atoms with Crippen molar-refractivity contribution in [2.75, 3.05) is 32.1 Å². The predicted octanol–water partition coefficient (Wildman–Crippen LogP) is 6.10. The number of carbonyl (C=O) groups excluding carboxylic acids is 1. The third-order valence-electron chi connectivity index (χ3n) is 6.12. The summed E-state index contributed by atoms with van der Waals surface area (Å²) in [5, 5.41) is 7.30. The van der Waals surface area contributed by atoms with Crippen LogP contribution in [0, 0.1) is 11.8 Å². The van der Waals surface area contributed by atoms with Gasteiger partial charge in [-0.05, 0) is 74.0 Å². The minimum Gasteiger partial charge on any atom is -0.497 e. The van der Waals surface area contributed by atoms with Gasteiger partial charge >= 0.3 is 6.03 Å². The molecule has 174 valence electrons. The normalized spacial score (nSPS) is 16.1. The Morgan fingerprint density at radius 1 is 1.12 bits per heavy atom. The molecule has 5 nitrogen and oxygen atoms in total. The molecule has 0 spiro atoms. The first-order valence-electron chi connectivity index (χ1n) is 11.2. The molecule has 0 aliphatic carbocycles. The summed E-state index contributed by atoms with van der Waals surface area (Å²) in [5.41, 5.74) is 1.96. The summed E-state index contributed by atoms with van der Waals surface area (Å²) in [6, 6.07) is 13.2. The number of urea groups is 1. The summed E-state index contributed by atoms with van der Waals surface area (Å²) in [6.07, 6.45) is 3.31. The van der Waals surface area contributed by atoms with Gasteiger partial charge in [0.1, 0.15) is 5.75 Å². The summed E-state index contributed by atoms with van der Waals surface area (Å²) in [4.78, 5) is 15.0.